The Labute approximate surface area is 134 Å². The maximum Gasteiger partial charge on any atom is 0.264 e. The summed E-state index contributed by atoms with van der Waals surface area (Å²) in [4.78, 5) is 15.8. The van der Waals surface area contributed by atoms with Crippen molar-refractivity contribution in [1.82, 2.24) is 9.71 Å². The number of nitrogens with zero attached hydrogens (tertiary/aromatic N) is 1. The van der Waals surface area contributed by atoms with Crippen LogP contribution >= 0.6 is 0 Å². The summed E-state index contributed by atoms with van der Waals surface area (Å²) < 4.78 is 31.4. The average molecular weight is 332 g/mol. The van der Waals surface area contributed by atoms with Crippen molar-refractivity contribution in [3.8, 4) is 5.75 Å². The molecule has 2 aromatic rings. The van der Waals surface area contributed by atoms with Crippen molar-refractivity contribution in [2.45, 2.75) is 11.8 Å². The number of carbonyl (C=O) groups is 1. The highest BCUT2D eigenvalue weighted by atomic mass is 32.2. The minimum Gasteiger partial charge on any atom is -0.497 e. The summed E-state index contributed by atoms with van der Waals surface area (Å²) in [5.41, 5.74) is 1.42. The number of rotatable bonds is 5. The molecule has 0 saturated heterocycles. The standard InChI is InChI=1S/C16H16N2O4S/c1-12(13-6-8-17-9-7-13)10-16(19)18-23(20,21)15-5-3-4-14(11-15)22-2/h3-11H,1-2H3,(H,18,19). The van der Waals surface area contributed by atoms with Gasteiger partial charge in [0.25, 0.3) is 15.9 Å². The van der Waals surface area contributed by atoms with Crippen molar-refractivity contribution in [2.75, 3.05) is 7.11 Å². The predicted octanol–water partition coefficient (Wildman–Crippen LogP) is 2.00. The van der Waals surface area contributed by atoms with Gasteiger partial charge in [-0.15, -0.1) is 0 Å². The number of carbonyl (C=O) groups excluding carboxylic acids is 1. The quantitative estimate of drug-likeness (QED) is 0.847. The molecule has 0 aliphatic carbocycles. The Balaban J connectivity index is 2.18. The molecule has 6 nitrogen and oxygen atoms in total. The van der Waals surface area contributed by atoms with Crippen LogP contribution in [0.5, 0.6) is 5.75 Å². The first-order valence-electron chi connectivity index (χ1n) is 6.72. The second-order valence-corrected chi connectivity index (χ2v) is 6.39. The molecule has 1 aromatic heterocycles. The van der Waals surface area contributed by atoms with E-state index >= 15 is 0 Å². The maximum atomic E-state index is 12.2. The Morgan fingerprint density at radius 3 is 2.57 bits per heavy atom. The number of allylic oxidation sites excluding steroid dienone is 1. The third kappa shape index (κ3) is 4.40. The number of benzene rings is 1. The van der Waals surface area contributed by atoms with E-state index in [-0.39, 0.29) is 4.90 Å². The van der Waals surface area contributed by atoms with E-state index in [0.29, 0.717) is 11.3 Å². The summed E-state index contributed by atoms with van der Waals surface area (Å²) in [5, 5.41) is 0. The number of sulfonamides is 1. The van der Waals surface area contributed by atoms with E-state index in [9.17, 15) is 13.2 Å². The van der Waals surface area contributed by atoms with Gasteiger partial charge in [0.1, 0.15) is 5.75 Å². The minimum atomic E-state index is -3.96. The monoisotopic (exact) mass is 332 g/mol. The lowest BCUT2D eigenvalue weighted by Crippen LogP contribution is -2.29. The van der Waals surface area contributed by atoms with Gasteiger partial charge in [-0.2, -0.15) is 0 Å². The van der Waals surface area contributed by atoms with Gasteiger partial charge in [0, 0.05) is 24.5 Å². The fourth-order valence-electron chi connectivity index (χ4n) is 1.88. The molecule has 1 amide bonds. The van der Waals surface area contributed by atoms with Crippen LogP contribution < -0.4 is 9.46 Å². The SMILES string of the molecule is COc1cccc(S(=O)(=O)NC(=O)C=C(C)c2ccncc2)c1. The number of pyridine rings is 1. The fraction of sp³-hybridized carbons (Fsp3) is 0.125. The number of methoxy groups -OCH3 is 1. The van der Waals surface area contributed by atoms with Crippen molar-refractivity contribution in [1.29, 1.82) is 0 Å². The molecule has 23 heavy (non-hydrogen) atoms. The number of aromatic nitrogens is 1. The molecule has 2 rings (SSSR count). The zero-order chi connectivity index (χ0) is 16.9. The van der Waals surface area contributed by atoms with E-state index in [4.69, 9.17) is 4.74 Å². The molecule has 7 heteroatoms. The summed E-state index contributed by atoms with van der Waals surface area (Å²) in [5.74, 6) is -0.328. The molecule has 0 saturated carbocycles. The first kappa shape index (κ1) is 16.7. The van der Waals surface area contributed by atoms with Crippen LogP contribution in [0, 0.1) is 0 Å². The van der Waals surface area contributed by atoms with E-state index in [1.54, 1.807) is 37.5 Å². The molecule has 0 bridgehead atoms. The number of nitrogens with one attached hydrogen (secondary N) is 1. The van der Waals surface area contributed by atoms with E-state index in [1.807, 2.05) is 4.72 Å². The van der Waals surface area contributed by atoms with Gasteiger partial charge in [-0.1, -0.05) is 6.07 Å². The van der Waals surface area contributed by atoms with Gasteiger partial charge in [-0.05, 0) is 42.3 Å². The van der Waals surface area contributed by atoms with Gasteiger partial charge in [0.15, 0.2) is 0 Å². The zero-order valence-electron chi connectivity index (χ0n) is 12.7. The molecule has 0 unspecified atom stereocenters. The number of amides is 1. The van der Waals surface area contributed by atoms with Crippen LogP contribution in [0.2, 0.25) is 0 Å². The van der Waals surface area contributed by atoms with Gasteiger partial charge >= 0.3 is 0 Å². The molecule has 0 spiro atoms. The first-order chi connectivity index (χ1) is 10.9. The molecule has 120 valence electrons. The van der Waals surface area contributed by atoms with Gasteiger partial charge in [0.05, 0.1) is 12.0 Å². The average Bonchev–Trinajstić information content (AvgIpc) is 2.55. The van der Waals surface area contributed by atoms with Gasteiger partial charge < -0.3 is 4.74 Å². The predicted molar refractivity (Wildman–Crippen MR) is 86.2 cm³/mol. The number of ether oxygens (including phenoxy) is 1. The lowest BCUT2D eigenvalue weighted by Gasteiger charge is -2.07. The molecule has 0 aliphatic heterocycles. The Bertz CT molecular complexity index is 830. The van der Waals surface area contributed by atoms with Crippen LogP contribution in [0.25, 0.3) is 5.57 Å². The molecule has 0 aliphatic rings. The zero-order valence-corrected chi connectivity index (χ0v) is 13.5. The van der Waals surface area contributed by atoms with Crippen molar-refractivity contribution in [2.24, 2.45) is 0 Å². The second-order valence-electron chi connectivity index (χ2n) is 4.71. The lowest BCUT2D eigenvalue weighted by atomic mass is 10.1. The molecular weight excluding hydrogens is 316 g/mol. The van der Waals surface area contributed by atoms with Crippen LogP contribution in [0.4, 0.5) is 0 Å². The van der Waals surface area contributed by atoms with E-state index < -0.39 is 15.9 Å². The number of hydrogen-bond acceptors (Lipinski definition) is 5. The third-order valence-electron chi connectivity index (χ3n) is 3.07. The summed E-state index contributed by atoms with van der Waals surface area (Å²) in [6.07, 6.45) is 4.42. The summed E-state index contributed by atoms with van der Waals surface area (Å²) in [7, 11) is -2.52. The maximum absolute atomic E-state index is 12.2. The topological polar surface area (TPSA) is 85.4 Å². The Morgan fingerprint density at radius 1 is 1.22 bits per heavy atom. The summed E-state index contributed by atoms with van der Waals surface area (Å²) >= 11 is 0. The van der Waals surface area contributed by atoms with Gasteiger partial charge in [-0.25, -0.2) is 13.1 Å². The van der Waals surface area contributed by atoms with E-state index in [2.05, 4.69) is 4.98 Å². The summed E-state index contributed by atoms with van der Waals surface area (Å²) in [6, 6.07) is 9.35. The molecule has 0 atom stereocenters. The van der Waals surface area contributed by atoms with Gasteiger partial charge in [0.2, 0.25) is 0 Å². The number of hydrogen-bond donors (Lipinski definition) is 1. The Hall–Kier alpha value is -2.67. The van der Waals surface area contributed by atoms with E-state index in [0.717, 1.165) is 5.56 Å². The first-order valence-corrected chi connectivity index (χ1v) is 8.20. The van der Waals surface area contributed by atoms with Crippen molar-refractivity contribution >= 4 is 21.5 Å². The second kappa shape index (κ2) is 7.06. The Morgan fingerprint density at radius 2 is 1.91 bits per heavy atom. The molecular formula is C16H16N2O4S. The third-order valence-corrected chi connectivity index (χ3v) is 4.41. The van der Waals surface area contributed by atoms with E-state index in [1.165, 1.54) is 31.4 Å². The minimum absolute atomic E-state index is 0.0415. The van der Waals surface area contributed by atoms with Crippen LogP contribution in [0.15, 0.2) is 59.8 Å². The van der Waals surface area contributed by atoms with Crippen LogP contribution in [-0.2, 0) is 14.8 Å². The van der Waals surface area contributed by atoms with Crippen LogP contribution in [-0.4, -0.2) is 26.4 Å². The smallest absolute Gasteiger partial charge is 0.264 e. The molecule has 0 fully saturated rings. The van der Waals surface area contributed by atoms with Crippen molar-refractivity contribution < 1.29 is 17.9 Å². The largest absolute Gasteiger partial charge is 0.497 e. The molecule has 0 radical (unpaired) electrons. The van der Waals surface area contributed by atoms with Gasteiger partial charge in [-0.3, -0.25) is 9.78 Å². The Kier molecular flexibility index (Phi) is 5.13. The lowest BCUT2D eigenvalue weighted by molar-refractivity contribution is -0.114. The van der Waals surface area contributed by atoms with Crippen molar-refractivity contribution in [3.63, 3.8) is 0 Å². The normalized spacial score (nSPS) is 11.8. The van der Waals surface area contributed by atoms with Crippen LogP contribution in [0.1, 0.15) is 12.5 Å². The highest BCUT2D eigenvalue weighted by molar-refractivity contribution is 7.90. The highest BCUT2D eigenvalue weighted by Gasteiger charge is 2.17. The molecule has 1 N–H and O–H groups in total. The fourth-order valence-corrected chi connectivity index (χ4v) is 2.85. The highest BCUT2D eigenvalue weighted by Crippen LogP contribution is 2.17. The summed E-state index contributed by atoms with van der Waals surface area (Å²) in [6.45, 7) is 1.72. The van der Waals surface area contributed by atoms with Crippen molar-refractivity contribution in [3.05, 3.63) is 60.4 Å². The molecule has 1 heterocycles. The van der Waals surface area contributed by atoms with Crippen LogP contribution in [0.3, 0.4) is 0 Å². The molecule has 1 aromatic carbocycles.